The van der Waals surface area contributed by atoms with Crippen molar-refractivity contribution in [2.45, 2.75) is 25.7 Å². The number of hydrogen-bond acceptors (Lipinski definition) is 3. The van der Waals surface area contributed by atoms with Crippen LogP contribution in [0.15, 0.2) is 54.4 Å². The molecule has 1 aliphatic carbocycles. The number of imidazole rings is 1. The van der Waals surface area contributed by atoms with Crippen molar-refractivity contribution in [3.8, 4) is 0 Å². The lowest BCUT2D eigenvalue weighted by Gasteiger charge is -2.08. The van der Waals surface area contributed by atoms with Gasteiger partial charge in [0.25, 0.3) is 0 Å². The van der Waals surface area contributed by atoms with Crippen LogP contribution in [0.2, 0.25) is 0 Å². The van der Waals surface area contributed by atoms with Gasteiger partial charge in [-0.1, -0.05) is 18.2 Å². The van der Waals surface area contributed by atoms with Crippen LogP contribution in [0.5, 0.6) is 0 Å². The van der Waals surface area contributed by atoms with Crippen LogP contribution in [0.1, 0.15) is 30.1 Å². The molecule has 132 valence electrons. The topological polar surface area (TPSA) is 43.6 Å². The minimum absolute atomic E-state index is 0.121. The quantitative estimate of drug-likeness (QED) is 0.695. The highest BCUT2D eigenvalue weighted by Gasteiger charge is 2.20. The molecule has 3 aromatic rings. The van der Waals surface area contributed by atoms with Crippen molar-refractivity contribution in [2.24, 2.45) is 7.05 Å². The Morgan fingerprint density at radius 3 is 2.73 bits per heavy atom. The summed E-state index contributed by atoms with van der Waals surface area (Å²) in [6.45, 7) is 0. The lowest BCUT2D eigenvalue weighted by atomic mass is 10.0. The van der Waals surface area contributed by atoms with Crippen LogP contribution < -0.4 is 0 Å². The molecular formula is C20H18F2N4. The Bertz CT molecular complexity index is 1030. The molecule has 0 saturated heterocycles. The zero-order chi connectivity index (χ0) is 18.1. The Morgan fingerprint density at radius 2 is 1.88 bits per heavy atom. The highest BCUT2D eigenvalue weighted by Crippen LogP contribution is 2.33. The number of allylic oxidation sites excluding steroid dienone is 4. The molecule has 0 aliphatic heterocycles. The third kappa shape index (κ3) is 3.14. The zero-order valence-electron chi connectivity index (χ0n) is 14.4. The Labute approximate surface area is 149 Å². The third-order valence-corrected chi connectivity index (χ3v) is 4.54. The van der Waals surface area contributed by atoms with Crippen LogP contribution in [-0.2, 0) is 19.9 Å². The summed E-state index contributed by atoms with van der Waals surface area (Å²) in [7, 11) is 1.86. The van der Waals surface area contributed by atoms with E-state index in [2.05, 4.69) is 15.0 Å². The number of nitrogens with zero attached hydrogens (tertiary/aromatic N) is 4. The van der Waals surface area contributed by atoms with Crippen LogP contribution in [0, 0.1) is 0 Å². The second-order valence-electron chi connectivity index (χ2n) is 6.38. The molecule has 0 fully saturated rings. The van der Waals surface area contributed by atoms with Gasteiger partial charge in [0, 0.05) is 37.9 Å². The number of benzene rings is 1. The summed E-state index contributed by atoms with van der Waals surface area (Å²) in [5, 5.41) is 0. The molecule has 0 atom stereocenters. The van der Waals surface area contributed by atoms with E-state index >= 15 is 0 Å². The molecule has 0 bridgehead atoms. The molecule has 0 N–H and O–H groups in total. The van der Waals surface area contributed by atoms with Crippen molar-refractivity contribution in [3.63, 3.8) is 0 Å². The summed E-state index contributed by atoms with van der Waals surface area (Å²) in [6, 6.07) is 7.73. The molecule has 1 aromatic carbocycles. The normalized spacial score (nSPS) is 14.8. The van der Waals surface area contributed by atoms with Crippen molar-refractivity contribution in [2.75, 3.05) is 0 Å². The predicted molar refractivity (Wildman–Crippen MR) is 96.6 cm³/mol. The van der Waals surface area contributed by atoms with Gasteiger partial charge in [0.15, 0.2) is 5.83 Å². The molecule has 2 aromatic heterocycles. The zero-order valence-corrected chi connectivity index (χ0v) is 14.4. The van der Waals surface area contributed by atoms with Gasteiger partial charge in [-0.2, -0.15) is 0 Å². The van der Waals surface area contributed by atoms with Gasteiger partial charge in [0.05, 0.1) is 22.4 Å². The van der Waals surface area contributed by atoms with Crippen LogP contribution in [0.25, 0.3) is 16.6 Å². The third-order valence-electron chi connectivity index (χ3n) is 4.54. The largest absolute Gasteiger partial charge is 0.337 e. The van der Waals surface area contributed by atoms with Gasteiger partial charge < -0.3 is 4.57 Å². The van der Waals surface area contributed by atoms with Crippen LogP contribution >= 0.6 is 0 Å². The van der Waals surface area contributed by atoms with Crippen molar-refractivity contribution >= 4 is 16.6 Å². The minimum atomic E-state index is -0.790. The highest BCUT2D eigenvalue weighted by atomic mass is 19.2. The molecule has 0 unspecified atom stereocenters. The second kappa shape index (κ2) is 6.78. The fraction of sp³-hybridized carbons (Fsp3) is 0.250. The lowest BCUT2D eigenvalue weighted by Crippen LogP contribution is -2.02. The van der Waals surface area contributed by atoms with E-state index in [1.54, 1.807) is 18.5 Å². The fourth-order valence-corrected chi connectivity index (χ4v) is 3.13. The van der Waals surface area contributed by atoms with E-state index in [-0.39, 0.29) is 12.0 Å². The highest BCUT2D eigenvalue weighted by molar-refractivity contribution is 5.76. The van der Waals surface area contributed by atoms with E-state index in [0.717, 1.165) is 22.6 Å². The summed E-state index contributed by atoms with van der Waals surface area (Å²) >= 11 is 0. The van der Waals surface area contributed by atoms with Crippen molar-refractivity contribution in [1.82, 2.24) is 19.5 Å². The SMILES string of the molecule is Cn1cc(C2=CCCC(F)=C2F)nc1CCc1cnc2ccccc2n1. The van der Waals surface area contributed by atoms with E-state index in [1.807, 2.05) is 35.9 Å². The van der Waals surface area contributed by atoms with E-state index in [4.69, 9.17) is 0 Å². The number of rotatable bonds is 4. The maximum absolute atomic E-state index is 14.0. The summed E-state index contributed by atoms with van der Waals surface area (Å²) in [4.78, 5) is 13.5. The molecule has 26 heavy (non-hydrogen) atoms. The number of halogens is 2. The Kier molecular flexibility index (Phi) is 4.32. The molecule has 4 rings (SSSR count). The van der Waals surface area contributed by atoms with Crippen LogP contribution in [-0.4, -0.2) is 19.5 Å². The predicted octanol–water partition coefficient (Wildman–Crippen LogP) is 4.48. The van der Waals surface area contributed by atoms with Crippen molar-refractivity contribution in [3.05, 3.63) is 71.6 Å². The minimum Gasteiger partial charge on any atom is -0.337 e. The van der Waals surface area contributed by atoms with E-state index in [9.17, 15) is 8.78 Å². The number of aryl methyl sites for hydroxylation is 3. The second-order valence-corrected chi connectivity index (χ2v) is 6.38. The fourth-order valence-electron chi connectivity index (χ4n) is 3.13. The van der Waals surface area contributed by atoms with Gasteiger partial charge in [-0.3, -0.25) is 4.98 Å². The molecule has 4 nitrogen and oxygen atoms in total. The maximum Gasteiger partial charge on any atom is 0.163 e. The average Bonchev–Trinajstić information content (AvgIpc) is 3.02. The standard InChI is InChI=1S/C20H18F2N4/c1-26-12-18(14-5-4-6-15(21)20(14)22)25-19(26)10-9-13-11-23-16-7-2-3-8-17(16)24-13/h2-3,5,7-8,11-12H,4,6,9-10H2,1H3. The number of para-hydroxylation sites is 2. The maximum atomic E-state index is 14.0. The number of hydrogen-bond donors (Lipinski definition) is 0. The smallest absolute Gasteiger partial charge is 0.163 e. The molecule has 0 radical (unpaired) electrons. The summed E-state index contributed by atoms with van der Waals surface area (Å²) in [5.41, 5.74) is 3.33. The Balaban J connectivity index is 1.53. The monoisotopic (exact) mass is 352 g/mol. The molecular weight excluding hydrogens is 334 g/mol. The van der Waals surface area contributed by atoms with Crippen LogP contribution in [0.4, 0.5) is 8.78 Å². The Morgan fingerprint density at radius 1 is 1.08 bits per heavy atom. The molecule has 2 heterocycles. The summed E-state index contributed by atoms with van der Waals surface area (Å²) < 4.78 is 29.4. The van der Waals surface area contributed by atoms with E-state index in [0.29, 0.717) is 25.0 Å². The molecule has 6 heteroatoms. The van der Waals surface area contributed by atoms with Gasteiger partial charge in [0.1, 0.15) is 11.7 Å². The first-order valence-corrected chi connectivity index (χ1v) is 8.60. The van der Waals surface area contributed by atoms with Crippen molar-refractivity contribution in [1.29, 1.82) is 0 Å². The number of fused-ring (bicyclic) bond motifs is 1. The first kappa shape index (κ1) is 16.6. The molecule has 1 aliphatic rings. The lowest BCUT2D eigenvalue weighted by molar-refractivity contribution is 0.520. The molecule has 0 spiro atoms. The van der Waals surface area contributed by atoms with Crippen LogP contribution in [0.3, 0.4) is 0 Å². The molecule has 0 saturated carbocycles. The number of aromatic nitrogens is 4. The van der Waals surface area contributed by atoms with Gasteiger partial charge in [0.2, 0.25) is 0 Å². The summed E-state index contributed by atoms with van der Waals surface area (Å²) in [5.74, 6) is -0.683. The summed E-state index contributed by atoms with van der Waals surface area (Å²) in [6.07, 6.45) is 7.15. The van der Waals surface area contributed by atoms with E-state index in [1.165, 1.54) is 0 Å². The average molecular weight is 352 g/mol. The first-order chi connectivity index (χ1) is 12.6. The first-order valence-electron chi connectivity index (χ1n) is 8.60. The van der Waals surface area contributed by atoms with Gasteiger partial charge >= 0.3 is 0 Å². The Hall–Kier alpha value is -2.89. The van der Waals surface area contributed by atoms with Gasteiger partial charge in [-0.15, -0.1) is 0 Å². The molecule has 0 amide bonds. The van der Waals surface area contributed by atoms with Crippen molar-refractivity contribution < 1.29 is 8.78 Å². The van der Waals surface area contributed by atoms with Gasteiger partial charge in [-0.05, 0) is 25.0 Å². The van der Waals surface area contributed by atoms with Gasteiger partial charge in [-0.25, -0.2) is 18.7 Å². The van der Waals surface area contributed by atoms with E-state index < -0.39 is 11.7 Å².